The van der Waals surface area contributed by atoms with Crippen LogP contribution in [0.1, 0.15) is 15.2 Å². The second-order valence-corrected chi connectivity index (χ2v) is 5.31. The molecule has 0 aliphatic heterocycles. The predicted molar refractivity (Wildman–Crippen MR) is 77.0 cm³/mol. The van der Waals surface area contributed by atoms with Crippen LogP contribution in [0.25, 0.3) is 10.9 Å². The third kappa shape index (κ3) is 2.19. The van der Waals surface area contributed by atoms with E-state index in [-0.39, 0.29) is 11.7 Å². The average molecular weight is 289 g/mol. The summed E-state index contributed by atoms with van der Waals surface area (Å²) in [7, 11) is 0. The summed E-state index contributed by atoms with van der Waals surface area (Å²) in [5, 5.41) is 2.80. The minimum absolute atomic E-state index is 0.275. The molecule has 3 N–H and O–H groups in total. The highest BCUT2D eigenvalue weighted by Gasteiger charge is 2.13. The van der Waals surface area contributed by atoms with E-state index in [0.29, 0.717) is 11.4 Å². The first-order valence-corrected chi connectivity index (χ1v) is 6.88. The highest BCUT2D eigenvalue weighted by atomic mass is 32.1. The van der Waals surface area contributed by atoms with E-state index in [4.69, 9.17) is 5.84 Å². The van der Waals surface area contributed by atoms with Crippen molar-refractivity contribution in [2.45, 2.75) is 6.54 Å². The summed E-state index contributed by atoms with van der Waals surface area (Å²) in [6.07, 6.45) is 1.88. The van der Waals surface area contributed by atoms with Gasteiger partial charge in [-0.1, -0.05) is 0 Å². The maximum atomic E-state index is 13.3. The summed E-state index contributed by atoms with van der Waals surface area (Å²) in [5.74, 6) is 4.58. The molecule has 0 fully saturated rings. The van der Waals surface area contributed by atoms with E-state index < -0.39 is 0 Å². The van der Waals surface area contributed by atoms with Crippen LogP contribution in [0.4, 0.5) is 4.39 Å². The predicted octanol–water partition coefficient (Wildman–Crippen LogP) is 2.49. The fourth-order valence-electron chi connectivity index (χ4n) is 2.20. The summed E-state index contributed by atoms with van der Waals surface area (Å²) < 4.78 is 15.3. The number of nitrogen functional groups attached to an aromatic ring is 1. The van der Waals surface area contributed by atoms with E-state index in [1.165, 1.54) is 23.5 Å². The van der Waals surface area contributed by atoms with Crippen LogP contribution in [-0.2, 0) is 6.54 Å². The maximum Gasteiger partial charge on any atom is 0.275 e. The molecular weight excluding hydrogens is 277 g/mol. The number of carbonyl (C=O) groups excluding carboxylic acids is 1. The van der Waals surface area contributed by atoms with E-state index in [9.17, 15) is 9.18 Å². The van der Waals surface area contributed by atoms with Crippen LogP contribution in [-0.4, -0.2) is 10.5 Å². The van der Waals surface area contributed by atoms with Crippen molar-refractivity contribution >= 4 is 28.1 Å². The molecule has 0 saturated heterocycles. The number of aromatic nitrogens is 1. The lowest BCUT2D eigenvalue weighted by Gasteiger charge is -2.06. The number of nitrogens with one attached hydrogen (secondary N) is 1. The Labute approximate surface area is 118 Å². The second kappa shape index (κ2) is 5.07. The molecule has 3 aromatic rings. The summed E-state index contributed by atoms with van der Waals surface area (Å²) in [6.45, 7) is 0.499. The number of halogens is 1. The molecule has 0 atom stereocenters. The number of carbonyl (C=O) groups is 1. The highest BCUT2D eigenvalue weighted by Crippen LogP contribution is 2.22. The minimum Gasteiger partial charge on any atom is -0.343 e. The zero-order chi connectivity index (χ0) is 14.1. The number of thiophene rings is 1. The van der Waals surface area contributed by atoms with Gasteiger partial charge in [0.25, 0.3) is 5.91 Å². The molecule has 2 aromatic heterocycles. The molecule has 1 amide bonds. The standard InChI is InChI=1S/C14H12FN3OS/c15-11-2-1-9-3-5-18(12(9)7-11)8-10-4-6-20-13(10)14(19)17-16/h1-7H,8,16H2,(H,17,19). The largest absolute Gasteiger partial charge is 0.343 e. The van der Waals surface area contributed by atoms with Gasteiger partial charge in [0.1, 0.15) is 5.82 Å². The number of hydrogen-bond acceptors (Lipinski definition) is 3. The van der Waals surface area contributed by atoms with Gasteiger partial charge in [0.05, 0.1) is 10.4 Å². The van der Waals surface area contributed by atoms with Crippen molar-refractivity contribution in [1.29, 1.82) is 0 Å². The Morgan fingerprint density at radius 2 is 2.20 bits per heavy atom. The molecular formula is C14H12FN3OS. The van der Waals surface area contributed by atoms with Gasteiger partial charge >= 0.3 is 0 Å². The molecule has 0 saturated carbocycles. The Morgan fingerprint density at radius 3 is 3.00 bits per heavy atom. The van der Waals surface area contributed by atoms with Crippen molar-refractivity contribution in [3.05, 3.63) is 58.2 Å². The number of rotatable bonds is 3. The lowest BCUT2D eigenvalue weighted by atomic mass is 10.2. The van der Waals surface area contributed by atoms with Gasteiger partial charge < -0.3 is 4.57 Å². The molecule has 0 spiro atoms. The first-order valence-electron chi connectivity index (χ1n) is 6.01. The molecule has 0 radical (unpaired) electrons. The van der Waals surface area contributed by atoms with E-state index in [1.54, 1.807) is 6.07 Å². The molecule has 0 unspecified atom stereocenters. The number of benzene rings is 1. The minimum atomic E-state index is -0.308. The normalized spacial score (nSPS) is 10.9. The number of nitrogens with two attached hydrogens (primary N) is 1. The van der Waals surface area contributed by atoms with E-state index in [0.717, 1.165) is 16.5 Å². The number of fused-ring (bicyclic) bond motifs is 1. The van der Waals surface area contributed by atoms with Crippen molar-refractivity contribution in [3.63, 3.8) is 0 Å². The molecule has 2 heterocycles. The van der Waals surface area contributed by atoms with Crippen LogP contribution in [0, 0.1) is 5.82 Å². The van der Waals surface area contributed by atoms with Crippen molar-refractivity contribution in [3.8, 4) is 0 Å². The summed E-state index contributed by atoms with van der Waals surface area (Å²) in [4.78, 5) is 12.2. The Morgan fingerprint density at radius 1 is 1.35 bits per heavy atom. The van der Waals surface area contributed by atoms with Crippen LogP contribution in [0.15, 0.2) is 41.9 Å². The van der Waals surface area contributed by atoms with Crippen molar-refractivity contribution in [2.24, 2.45) is 5.84 Å². The van der Waals surface area contributed by atoms with Gasteiger partial charge in [0.15, 0.2) is 0 Å². The van der Waals surface area contributed by atoms with Gasteiger partial charge in [-0.2, -0.15) is 0 Å². The van der Waals surface area contributed by atoms with Gasteiger partial charge in [-0.25, -0.2) is 10.2 Å². The SMILES string of the molecule is NNC(=O)c1sccc1Cn1ccc2ccc(F)cc21. The number of amides is 1. The fourth-order valence-corrected chi connectivity index (χ4v) is 3.02. The molecule has 1 aromatic carbocycles. The van der Waals surface area contributed by atoms with Crippen LogP contribution < -0.4 is 11.3 Å². The molecule has 3 rings (SSSR count). The molecule has 0 bridgehead atoms. The first kappa shape index (κ1) is 12.8. The monoisotopic (exact) mass is 289 g/mol. The zero-order valence-corrected chi connectivity index (χ0v) is 11.3. The van der Waals surface area contributed by atoms with Crippen molar-refractivity contribution in [1.82, 2.24) is 9.99 Å². The van der Waals surface area contributed by atoms with Crippen molar-refractivity contribution in [2.75, 3.05) is 0 Å². The van der Waals surface area contributed by atoms with Crippen LogP contribution >= 0.6 is 11.3 Å². The molecule has 4 nitrogen and oxygen atoms in total. The van der Waals surface area contributed by atoms with Gasteiger partial charge in [0, 0.05) is 12.7 Å². The number of hydrazine groups is 1. The third-order valence-electron chi connectivity index (χ3n) is 3.16. The summed E-state index contributed by atoms with van der Waals surface area (Å²) in [5.41, 5.74) is 3.80. The van der Waals surface area contributed by atoms with E-state index >= 15 is 0 Å². The smallest absolute Gasteiger partial charge is 0.275 e. The summed E-state index contributed by atoms with van der Waals surface area (Å²) >= 11 is 1.33. The molecule has 0 aliphatic rings. The van der Waals surface area contributed by atoms with Crippen molar-refractivity contribution < 1.29 is 9.18 Å². The number of nitrogens with zero attached hydrogens (tertiary/aromatic N) is 1. The van der Waals surface area contributed by atoms with E-state index in [1.807, 2.05) is 28.3 Å². The molecule has 20 heavy (non-hydrogen) atoms. The Hall–Kier alpha value is -2.18. The third-order valence-corrected chi connectivity index (χ3v) is 4.12. The van der Waals surface area contributed by atoms with Gasteiger partial charge in [-0.05, 0) is 46.7 Å². The maximum absolute atomic E-state index is 13.3. The second-order valence-electron chi connectivity index (χ2n) is 4.40. The Balaban J connectivity index is 2.00. The molecule has 0 aliphatic carbocycles. The lowest BCUT2D eigenvalue weighted by molar-refractivity contribution is 0.0957. The van der Waals surface area contributed by atoms with Gasteiger partial charge in [-0.15, -0.1) is 11.3 Å². The average Bonchev–Trinajstić information content (AvgIpc) is 3.06. The summed E-state index contributed by atoms with van der Waals surface area (Å²) in [6, 6.07) is 8.46. The molecule has 102 valence electrons. The number of hydrogen-bond donors (Lipinski definition) is 2. The topological polar surface area (TPSA) is 60.0 Å². The highest BCUT2D eigenvalue weighted by molar-refractivity contribution is 7.12. The Kier molecular flexibility index (Phi) is 3.25. The van der Waals surface area contributed by atoms with Crippen LogP contribution in [0.2, 0.25) is 0 Å². The van der Waals surface area contributed by atoms with Crippen LogP contribution in [0.5, 0.6) is 0 Å². The molecule has 6 heteroatoms. The Bertz CT molecular complexity index is 778. The zero-order valence-electron chi connectivity index (χ0n) is 10.5. The van der Waals surface area contributed by atoms with Crippen LogP contribution in [0.3, 0.4) is 0 Å². The van der Waals surface area contributed by atoms with Gasteiger partial charge in [0.2, 0.25) is 0 Å². The first-order chi connectivity index (χ1) is 9.69. The van der Waals surface area contributed by atoms with E-state index in [2.05, 4.69) is 5.43 Å². The quantitative estimate of drug-likeness (QED) is 0.442. The lowest BCUT2D eigenvalue weighted by Crippen LogP contribution is -2.30. The fraction of sp³-hybridized carbons (Fsp3) is 0.0714. The van der Waals surface area contributed by atoms with Gasteiger partial charge in [-0.3, -0.25) is 10.2 Å².